The van der Waals surface area contributed by atoms with Crippen LogP contribution in [0.3, 0.4) is 0 Å². The van der Waals surface area contributed by atoms with Crippen LogP contribution in [0.15, 0.2) is 83.6 Å². The number of benzene rings is 3. The van der Waals surface area contributed by atoms with Crippen LogP contribution in [0.2, 0.25) is 0 Å². The Balaban J connectivity index is 1.84. The van der Waals surface area contributed by atoms with E-state index >= 15 is 0 Å². The molecule has 2 amide bonds. The molecule has 0 saturated heterocycles. The Hall–Kier alpha value is -5.12. The smallest absolute Gasteiger partial charge is 0.344 e. The molecule has 202 valence electrons. The summed E-state index contributed by atoms with van der Waals surface area (Å²) in [4.78, 5) is 37.7. The van der Waals surface area contributed by atoms with E-state index in [9.17, 15) is 14.4 Å². The molecule has 0 atom stereocenters. The van der Waals surface area contributed by atoms with E-state index in [1.54, 1.807) is 79.7 Å². The van der Waals surface area contributed by atoms with Crippen molar-refractivity contribution in [1.82, 2.24) is 10.7 Å². The van der Waals surface area contributed by atoms with Gasteiger partial charge in [0, 0.05) is 16.7 Å². The lowest BCUT2D eigenvalue weighted by molar-refractivity contribution is -0.145. The number of nitrogens with zero attached hydrogens (tertiary/aromatic N) is 1. The Labute approximate surface area is 226 Å². The van der Waals surface area contributed by atoms with Gasteiger partial charge in [0.1, 0.15) is 22.9 Å². The summed E-state index contributed by atoms with van der Waals surface area (Å²) in [6, 6.07) is 20.4. The van der Waals surface area contributed by atoms with Crippen molar-refractivity contribution < 1.29 is 33.3 Å². The molecule has 2 N–H and O–H groups in total. The summed E-state index contributed by atoms with van der Waals surface area (Å²) in [5.41, 5.74) is 3.70. The van der Waals surface area contributed by atoms with Crippen molar-refractivity contribution in [2.75, 3.05) is 27.4 Å². The Morgan fingerprint density at radius 3 is 2.33 bits per heavy atom. The van der Waals surface area contributed by atoms with E-state index in [4.69, 9.17) is 18.9 Å². The molecule has 3 aromatic rings. The number of esters is 1. The van der Waals surface area contributed by atoms with Gasteiger partial charge in [-0.3, -0.25) is 9.59 Å². The molecule has 39 heavy (non-hydrogen) atoms. The molecule has 0 aliphatic rings. The van der Waals surface area contributed by atoms with E-state index in [-0.39, 0.29) is 18.9 Å². The standard InChI is InChI=1S/C29H29N3O7/c1-4-38-27(33)19-39-26-13-9-8-12-21(26)18-30-32-29(35)24(31-28(34)20-10-6-5-7-11-20)17-22-16-23(36-2)14-15-25(22)37-3/h5-18H,4,19H2,1-3H3,(H,31,34)(H,32,35)/b24-17-,30-18-. The molecule has 0 saturated carbocycles. The second-order valence-corrected chi connectivity index (χ2v) is 7.82. The molecule has 0 aliphatic heterocycles. The molecule has 3 rings (SSSR count). The van der Waals surface area contributed by atoms with Crippen molar-refractivity contribution in [3.63, 3.8) is 0 Å². The monoisotopic (exact) mass is 531 g/mol. The van der Waals surface area contributed by atoms with Crippen LogP contribution < -0.4 is 25.0 Å². The van der Waals surface area contributed by atoms with Crippen LogP contribution in [-0.2, 0) is 14.3 Å². The second kappa shape index (κ2) is 14.6. The van der Waals surface area contributed by atoms with Gasteiger partial charge in [0.15, 0.2) is 6.61 Å². The minimum absolute atomic E-state index is 0.0839. The van der Waals surface area contributed by atoms with E-state index in [1.807, 2.05) is 0 Å². The average Bonchev–Trinajstić information content (AvgIpc) is 2.96. The topological polar surface area (TPSA) is 125 Å². The first kappa shape index (κ1) is 28.5. The lowest BCUT2D eigenvalue weighted by atomic mass is 10.1. The number of hydrazone groups is 1. The van der Waals surface area contributed by atoms with Crippen LogP contribution in [0.5, 0.6) is 17.2 Å². The molecule has 0 unspecified atom stereocenters. The molecule has 0 aliphatic carbocycles. The van der Waals surface area contributed by atoms with E-state index in [1.165, 1.54) is 26.5 Å². The molecule has 0 heterocycles. The first-order valence-electron chi connectivity index (χ1n) is 12.0. The number of rotatable bonds is 12. The maximum Gasteiger partial charge on any atom is 0.344 e. The van der Waals surface area contributed by atoms with Gasteiger partial charge in [-0.25, -0.2) is 10.2 Å². The Morgan fingerprint density at radius 2 is 1.62 bits per heavy atom. The highest BCUT2D eigenvalue weighted by Gasteiger charge is 2.16. The zero-order chi connectivity index (χ0) is 28.0. The van der Waals surface area contributed by atoms with Crippen LogP contribution in [-0.4, -0.2) is 51.4 Å². The number of hydrogen-bond donors (Lipinski definition) is 2. The zero-order valence-electron chi connectivity index (χ0n) is 21.8. The number of para-hydroxylation sites is 1. The number of carbonyl (C=O) groups is 3. The summed E-state index contributed by atoms with van der Waals surface area (Å²) >= 11 is 0. The van der Waals surface area contributed by atoms with E-state index in [2.05, 4.69) is 15.8 Å². The maximum absolute atomic E-state index is 13.2. The van der Waals surface area contributed by atoms with E-state index in [0.717, 1.165) is 0 Å². The number of methoxy groups -OCH3 is 2. The highest BCUT2D eigenvalue weighted by Crippen LogP contribution is 2.26. The summed E-state index contributed by atoms with van der Waals surface area (Å²) in [6.07, 6.45) is 2.82. The van der Waals surface area contributed by atoms with Gasteiger partial charge < -0.3 is 24.3 Å². The van der Waals surface area contributed by atoms with Gasteiger partial charge in [-0.1, -0.05) is 30.3 Å². The summed E-state index contributed by atoms with van der Waals surface area (Å²) < 4.78 is 21.1. The predicted octanol–water partition coefficient (Wildman–Crippen LogP) is 3.57. The van der Waals surface area contributed by atoms with Gasteiger partial charge in [0.2, 0.25) is 0 Å². The van der Waals surface area contributed by atoms with Crippen molar-refractivity contribution in [1.29, 1.82) is 0 Å². The normalized spacial score (nSPS) is 11.0. The first-order valence-corrected chi connectivity index (χ1v) is 12.0. The highest BCUT2D eigenvalue weighted by atomic mass is 16.6. The van der Waals surface area contributed by atoms with Crippen molar-refractivity contribution in [2.45, 2.75) is 6.92 Å². The van der Waals surface area contributed by atoms with Crippen molar-refractivity contribution in [3.05, 3.63) is 95.2 Å². The summed E-state index contributed by atoms with van der Waals surface area (Å²) in [5.74, 6) is -0.307. The molecular weight excluding hydrogens is 502 g/mol. The Morgan fingerprint density at radius 1 is 0.872 bits per heavy atom. The molecule has 0 fully saturated rings. The lowest BCUT2D eigenvalue weighted by Gasteiger charge is -2.12. The first-order chi connectivity index (χ1) is 18.9. The molecule has 10 nitrogen and oxygen atoms in total. The largest absolute Gasteiger partial charge is 0.497 e. The average molecular weight is 532 g/mol. The van der Waals surface area contributed by atoms with Gasteiger partial charge in [-0.05, 0) is 55.5 Å². The molecule has 0 radical (unpaired) electrons. The van der Waals surface area contributed by atoms with E-state index in [0.29, 0.717) is 33.9 Å². The van der Waals surface area contributed by atoms with E-state index < -0.39 is 17.8 Å². The van der Waals surface area contributed by atoms with Gasteiger partial charge in [0.25, 0.3) is 11.8 Å². The Kier molecular flexibility index (Phi) is 10.6. The number of ether oxygens (including phenoxy) is 4. The fourth-order valence-corrected chi connectivity index (χ4v) is 3.33. The molecule has 0 aromatic heterocycles. The number of nitrogens with one attached hydrogen (secondary N) is 2. The number of amides is 2. The third-order valence-corrected chi connectivity index (χ3v) is 5.21. The third kappa shape index (κ3) is 8.46. The fraction of sp³-hybridized carbons (Fsp3) is 0.172. The fourth-order valence-electron chi connectivity index (χ4n) is 3.33. The molecule has 0 bridgehead atoms. The van der Waals surface area contributed by atoms with Crippen LogP contribution in [0.1, 0.15) is 28.4 Å². The summed E-state index contributed by atoms with van der Waals surface area (Å²) in [5, 5.41) is 6.65. The van der Waals surface area contributed by atoms with Crippen LogP contribution in [0.25, 0.3) is 6.08 Å². The van der Waals surface area contributed by atoms with Crippen molar-refractivity contribution in [3.8, 4) is 17.2 Å². The minimum atomic E-state index is -0.690. The predicted molar refractivity (Wildman–Crippen MR) is 146 cm³/mol. The lowest BCUT2D eigenvalue weighted by Crippen LogP contribution is -2.32. The van der Waals surface area contributed by atoms with Gasteiger partial charge in [-0.2, -0.15) is 5.10 Å². The molecule has 0 spiro atoms. The van der Waals surface area contributed by atoms with Crippen molar-refractivity contribution in [2.24, 2.45) is 5.10 Å². The van der Waals surface area contributed by atoms with Gasteiger partial charge in [-0.15, -0.1) is 0 Å². The van der Waals surface area contributed by atoms with Crippen molar-refractivity contribution >= 4 is 30.1 Å². The summed E-state index contributed by atoms with van der Waals surface area (Å²) in [7, 11) is 3.01. The number of carbonyl (C=O) groups excluding carboxylic acids is 3. The van der Waals surface area contributed by atoms with Crippen LogP contribution >= 0.6 is 0 Å². The summed E-state index contributed by atoms with van der Waals surface area (Å²) in [6.45, 7) is 1.68. The molecular formula is C29H29N3O7. The highest BCUT2D eigenvalue weighted by molar-refractivity contribution is 6.05. The van der Waals surface area contributed by atoms with Crippen LogP contribution in [0.4, 0.5) is 0 Å². The quantitative estimate of drug-likeness (QED) is 0.158. The second-order valence-electron chi connectivity index (χ2n) is 7.82. The van der Waals surface area contributed by atoms with Crippen LogP contribution in [0, 0.1) is 0 Å². The molecule has 3 aromatic carbocycles. The van der Waals surface area contributed by atoms with Gasteiger partial charge >= 0.3 is 5.97 Å². The number of hydrogen-bond acceptors (Lipinski definition) is 8. The zero-order valence-corrected chi connectivity index (χ0v) is 21.8. The maximum atomic E-state index is 13.2. The minimum Gasteiger partial charge on any atom is -0.497 e. The van der Waals surface area contributed by atoms with Gasteiger partial charge in [0.05, 0.1) is 27.0 Å². The Bertz CT molecular complexity index is 1350. The third-order valence-electron chi connectivity index (χ3n) is 5.21. The SMILES string of the molecule is CCOC(=O)COc1ccccc1/C=N\NC(=O)/C(=C/c1cc(OC)ccc1OC)NC(=O)c1ccccc1. The molecule has 10 heteroatoms.